The van der Waals surface area contributed by atoms with Crippen LogP contribution in [0.2, 0.25) is 0 Å². The smallest absolute Gasteiger partial charge is 0.418 e. The number of para-hydroxylation sites is 1. The molecular weight excluding hydrogens is 379 g/mol. The zero-order chi connectivity index (χ0) is 21.1. The number of alkyl halides is 3. The van der Waals surface area contributed by atoms with E-state index in [4.69, 9.17) is 4.74 Å². The molecule has 2 rings (SSSR count). The second-order valence-electron chi connectivity index (χ2n) is 5.89. The molecule has 0 fully saturated rings. The van der Waals surface area contributed by atoms with Crippen molar-refractivity contribution in [1.29, 1.82) is 0 Å². The second kappa shape index (κ2) is 8.24. The first kappa shape index (κ1) is 21.1. The lowest BCUT2D eigenvalue weighted by Gasteiger charge is -2.18. The molecule has 0 aliphatic rings. The van der Waals surface area contributed by atoms with Gasteiger partial charge in [0, 0.05) is 18.8 Å². The predicted molar refractivity (Wildman–Crippen MR) is 93.2 cm³/mol. The molecule has 2 aromatic rings. The van der Waals surface area contributed by atoms with Gasteiger partial charge in [-0.05, 0) is 26.0 Å². The number of benzene rings is 1. The van der Waals surface area contributed by atoms with Crippen LogP contribution in [-0.2, 0) is 15.7 Å². The lowest BCUT2D eigenvalue weighted by molar-refractivity contribution is -0.143. The third-order valence-electron chi connectivity index (χ3n) is 3.77. The van der Waals surface area contributed by atoms with Gasteiger partial charge in [0.2, 0.25) is 5.43 Å². The first-order valence-electron chi connectivity index (χ1n) is 8.25. The van der Waals surface area contributed by atoms with Gasteiger partial charge in [0.15, 0.2) is 5.69 Å². The number of ether oxygens (including phenoxy) is 1. The van der Waals surface area contributed by atoms with Crippen LogP contribution in [0.25, 0.3) is 5.69 Å². The highest BCUT2D eigenvalue weighted by atomic mass is 19.4. The van der Waals surface area contributed by atoms with Crippen LogP contribution in [0.5, 0.6) is 0 Å². The van der Waals surface area contributed by atoms with Gasteiger partial charge in [-0.25, -0.2) is 4.68 Å². The number of amides is 1. The Bertz CT molecular complexity index is 954. The van der Waals surface area contributed by atoms with Gasteiger partial charge in [-0.1, -0.05) is 12.1 Å². The van der Waals surface area contributed by atoms with Crippen LogP contribution >= 0.6 is 0 Å². The van der Waals surface area contributed by atoms with E-state index in [1.54, 1.807) is 6.92 Å². The zero-order valence-corrected chi connectivity index (χ0v) is 15.4. The summed E-state index contributed by atoms with van der Waals surface area (Å²) < 4.78 is 45.6. The number of esters is 1. The number of rotatable bonds is 5. The molecular formula is C18H18F3N3O4. The van der Waals surface area contributed by atoms with Crippen LogP contribution in [-0.4, -0.2) is 46.8 Å². The summed E-state index contributed by atoms with van der Waals surface area (Å²) in [6.07, 6.45) is -4.65. The zero-order valence-electron chi connectivity index (χ0n) is 15.4. The summed E-state index contributed by atoms with van der Waals surface area (Å²) in [7, 11) is 1.26. The summed E-state index contributed by atoms with van der Waals surface area (Å²) in [6.45, 7) is 2.68. The van der Waals surface area contributed by atoms with E-state index in [1.807, 2.05) is 0 Å². The van der Waals surface area contributed by atoms with Crippen molar-refractivity contribution in [3.8, 4) is 5.69 Å². The summed E-state index contributed by atoms with van der Waals surface area (Å²) in [6, 6.07) is 5.69. The van der Waals surface area contributed by atoms with E-state index in [9.17, 15) is 27.6 Å². The van der Waals surface area contributed by atoms with E-state index in [1.165, 1.54) is 32.2 Å². The third kappa shape index (κ3) is 4.56. The maximum absolute atomic E-state index is 13.3. The highest BCUT2D eigenvalue weighted by molar-refractivity contribution is 5.93. The monoisotopic (exact) mass is 397 g/mol. The van der Waals surface area contributed by atoms with E-state index >= 15 is 0 Å². The fraction of sp³-hybridized carbons (Fsp3) is 0.333. The molecule has 0 atom stereocenters. The molecule has 10 heteroatoms. The van der Waals surface area contributed by atoms with Gasteiger partial charge in [-0.2, -0.15) is 18.3 Å². The molecule has 1 aromatic carbocycles. The Balaban J connectivity index is 2.51. The minimum Gasteiger partial charge on any atom is -0.465 e. The lowest BCUT2D eigenvalue weighted by Crippen LogP contribution is -2.37. The van der Waals surface area contributed by atoms with Gasteiger partial charge in [0.25, 0.3) is 5.91 Å². The summed E-state index contributed by atoms with van der Waals surface area (Å²) in [4.78, 5) is 37.1. The molecule has 0 saturated carbocycles. The van der Waals surface area contributed by atoms with Gasteiger partial charge < -0.3 is 9.64 Å². The number of aromatic nitrogens is 2. The second-order valence-corrected chi connectivity index (χ2v) is 5.89. The van der Waals surface area contributed by atoms with Crippen LogP contribution in [0.15, 0.2) is 35.1 Å². The van der Waals surface area contributed by atoms with E-state index in [2.05, 4.69) is 5.10 Å². The molecule has 0 radical (unpaired) electrons. The number of nitrogens with zero attached hydrogens (tertiary/aromatic N) is 3. The SMILES string of the molecule is CCOC(=O)CN(C)C(=O)c1nn(-c2ccccc2C(F)(F)F)c(C)cc1=O. The fourth-order valence-corrected chi connectivity index (χ4v) is 2.49. The van der Waals surface area contributed by atoms with E-state index < -0.39 is 41.3 Å². The molecule has 1 aromatic heterocycles. The number of carbonyl (C=O) groups excluding carboxylic acids is 2. The average Bonchev–Trinajstić information content (AvgIpc) is 2.60. The van der Waals surface area contributed by atoms with Crippen molar-refractivity contribution < 1.29 is 27.5 Å². The van der Waals surface area contributed by atoms with Gasteiger partial charge in [-0.3, -0.25) is 14.4 Å². The first-order chi connectivity index (χ1) is 13.1. The molecule has 0 aliphatic heterocycles. The normalized spacial score (nSPS) is 11.2. The first-order valence-corrected chi connectivity index (χ1v) is 8.25. The average molecular weight is 397 g/mol. The maximum Gasteiger partial charge on any atom is 0.418 e. The quantitative estimate of drug-likeness (QED) is 0.723. The lowest BCUT2D eigenvalue weighted by atomic mass is 10.1. The van der Waals surface area contributed by atoms with Crippen molar-refractivity contribution in [1.82, 2.24) is 14.7 Å². The van der Waals surface area contributed by atoms with Crippen molar-refractivity contribution in [3.63, 3.8) is 0 Å². The molecule has 0 N–H and O–H groups in total. The highest BCUT2D eigenvalue weighted by Gasteiger charge is 2.34. The van der Waals surface area contributed by atoms with Crippen molar-refractivity contribution >= 4 is 11.9 Å². The molecule has 1 amide bonds. The Morgan fingerprint density at radius 1 is 1.25 bits per heavy atom. The van der Waals surface area contributed by atoms with Crippen molar-refractivity contribution in [2.75, 3.05) is 20.2 Å². The van der Waals surface area contributed by atoms with Crippen molar-refractivity contribution in [2.24, 2.45) is 0 Å². The molecule has 0 aliphatic carbocycles. The maximum atomic E-state index is 13.3. The Morgan fingerprint density at radius 2 is 1.89 bits per heavy atom. The van der Waals surface area contributed by atoms with Gasteiger partial charge >= 0.3 is 12.1 Å². The van der Waals surface area contributed by atoms with Gasteiger partial charge in [0.05, 0.1) is 17.9 Å². The summed E-state index contributed by atoms with van der Waals surface area (Å²) in [5.74, 6) is -1.59. The Hall–Kier alpha value is -3.17. The molecule has 7 nitrogen and oxygen atoms in total. The van der Waals surface area contributed by atoms with Crippen LogP contribution < -0.4 is 5.43 Å². The van der Waals surface area contributed by atoms with Crippen LogP contribution in [0, 0.1) is 6.92 Å². The number of likely N-dealkylation sites (N-methyl/N-ethyl adjacent to an activating group) is 1. The van der Waals surface area contributed by atoms with Crippen molar-refractivity contribution in [3.05, 3.63) is 57.5 Å². The number of halogens is 3. The Morgan fingerprint density at radius 3 is 2.50 bits per heavy atom. The Kier molecular flexibility index (Phi) is 6.22. The molecule has 28 heavy (non-hydrogen) atoms. The summed E-state index contributed by atoms with van der Waals surface area (Å²) in [5, 5.41) is 3.85. The molecule has 150 valence electrons. The van der Waals surface area contributed by atoms with Crippen LogP contribution in [0.3, 0.4) is 0 Å². The third-order valence-corrected chi connectivity index (χ3v) is 3.77. The Labute approximate surface area is 158 Å². The minimum absolute atomic E-state index is 0.116. The fourth-order valence-electron chi connectivity index (χ4n) is 2.49. The molecule has 1 heterocycles. The van der Waals surface area contributed by atoms with Crippen molar-refractivity contribution in [2.45, 2.75) is 20.0 Å². The molecule has 0 unspecified atom stereocenters. The minimum atomic E-state index is -4.65. The summed E-state index contributed by atoms with van der Waals surface area (Å²) in [5.41, 5.74) is -2.54. The van der Waals surface area contributed by atoms with E-state index in [-0.39, 0.29) is 18.0 Å². The number of hydrogen-bond donors (Lipinski definition) is 0. The summed E-state index contributed by atoms with van der Waals surface area (Å²) >= 11 is 0. The number of carbonyl (C=O) groups is 2. The van der Waals surface area contributed by atoms with Crippen LogP contribution in [0.4, 0.5) is 13.2 Å². The standard InChI is InChI=1S/C18H18F3N3O4/c1-4-28-15(26)10-23(3)17(27)16-14(25)9-11(2)24(22-16)13-8-6-5-7-12(13)18(19,20)21/h5-9H,4,10H2,1-3H3. The van der Waals surface area contributed by atoms with E-state index in [0.29, 0.717) is 0 Å². The van der Waals surface area contributed by atoms with Gasteiger partial charge in [0.1, 0.15) is 6.54 Å². The molecule has 0 spiro atoms. The molecule has 0 bridgehead atoms. The van der Waals surface area contributed by atoms with Gasteiger partial charge in [-0.15, -0.1) is 0 Å². The van der Waals surface area contributed by atoms with Crippen LogP contribution in [0.1, 0.15) is 28.7 Å². The number of aryl methyl sites for hydroxylation is 1. The predicted octanol–water partition coefficient (Wildman–Crippen LogP) is 2.19. The molecule has 0 saturated heterocycles. The highest BCUT2D eigenvalue weighted by Crippen LogP contribution is 2.33. The largest absolute Gasteiger partial charge is 0.465 e. The number of hydrogen-bond acceptors (Lipinski definition) is 5. The van der Waals surface area contributed by atoms with E-state index in [0.717, 1.165) is 21.7 Å². The topological polar surface area (TPSA) is 81.5 Å².